The summed E-state index contributed by atoms with van der Waals surface area (Å²) in [5.41, 5.74) is 0.332. The average Bonchev–Trinajstić information content (AvgIpc) is 3.17. The van der Waals surface area contributed by atoms with Crippen LogP contribution in [0.1, 0.15) is 52.9 Å². The van der Waals surface area contributed by atoms with E-state index in [1.54, 1.807) is 0 Å². The van der Waals surface area contributed by atoms with E-state index in [-0.39, 0.29) is 0 Å². The number of hydrogen-bond donors (Lipinski definition) is 1. The van der Waals surface area contributed by atoms with Crippen LogP contribution in [-0.4, -0.2) is 59.6 Å². The summed E-state index contributed by atoms with van der Waals surface area (Å²) in [5, 5.41) is 3.79. The molecule has 3 rings (SSSR count). The number of nitrogens with zero attached hydrogens (tertiary/aromatic N) is 2. The van der Waals surface area contributed by atoms with Gasteiger partial charge in [0.25, 0.3) is 0 Å². The number of likely N-dealkylation sites (tertiary alicyclic amines) is 1. The molecule has 0 radical (unpaired) electrons. The standard InChI is InChI=1S/C16H31N3/c1-4-13-10-17-16(3,5-2)12-19(13)15-8-9-18(11-15)14-6-7-14/h13-15,17H,4-12H2,1-3H3. The fourth-order valence-corrected chi connectivity index (χ4v) is 3.92. The van der Waals surface area contributed by atoms with E-state index in [2.05, 4.69) is 35.9 Å². The van der Waals surface area contributed by atoms with E-state index in [0.29, 0.717) is 5.54 Å². The second kappa shape index (κ2) is 5.34. The molecule has 0 aromatic carbocycles. The van der Waals surface area contributed by atoms with Gasteiger partial charge < -0.3 is 5.32 Å². The van der Waals surface area contributed by atoms with Crippen LogP contribution < -0.4 is 5.32 Å². The molecule has 0 aromatic heterocycles. The normalized spacial score (nSPS) is 41.8. The molecular formula is C16H31N3. The van der Waals surface area contributed by atoms with Gasteiger partial charge in [-0.2, -0.15) is 0 Å². The summed E-state index contributed by atoms with van der Waals surface area (Å²) >= 11 is 0. The fourth-order valence-electron chi connectivity index (χ4n) is 3.92. The second-order valence-electron chi connectivity index (χ2n) is 7.20. The fraction of sp³-hybridized carbons (Fsp3) is 1.00. The monoisotopic (exact) mass is 265 g/mol. The van der Waals surface area contributed by atoms with Crippen LogP contribution in [0.15, 0.2) is 0 Å². The smallest absolute Gasteiger partial charge is 0.0278 e. The predicted octanol–water partition coefficient (Wildman–Crippen LogP) is 2.08. The van der Waals surface area contributed by atoms with Gasteiger partial charge >= 0.3 is 0 Å². The van der Waals surface area contributed by atoms with Crippen LogP contribution in [-0.2, 0) is 0 Å². The van der Waals surface area contributed by atoms with Crippen molar-refractivity contribution in [2.24, 2.45) is 0 Å². The Kier molecular flexibility index (Phi) is 3.89. The first-order valence-corrected chi connectivity index (χ1v) is 8.40. The summed E-state index contributed by atoms with van der Waals surface area (Å²) in [6.07, 6.45) is 6.83. The predicted molar refractivity (Wildman–Crippen MR) is 80.5 cm³/mol. The van der Waals surface area contributed by atoms with Crippen LogP contribution in [0, 0.1) is 0 Å². The highest BCUT2D eigenvalue weighted by Crippen LogP contribution is 2.33. The second-order valence-corrected chi connectivity index (χ2v) is 7.20. The summed E-state index contributed by atoms with van der Waals surface area (Å²) in [5.74, 6) is 0. The zero-order valence-electron chi connectivity index (χ0n) is 13.0. The maximum absolute atomic E-state index is 3.79. The van der Waals surface area contributed by atoms with Gasteiger partial charge in [0.2, 0.25) is 0 Å². The molecule has 1 N–H and O–H groups in total. The van der Waals surface area contributed by atoms with Crippen LogP contribution in [0.5, 0.6) is 0 Å². The Bertz CT molecular complexity index is 315. The van der Waals surface area contributed by atoms with Crippen molar-refractivity contribution in [2.45, 2.75) is 76.5 Å². The molecule has 1 saturated carbocycles. The van der Waals surface area contributed by atoms with Gasteiger partial charge in [-0.25, -0.2) is 0 Å². The number of rotatable bonds is 4. The van der Waals surface area contributed by atoms with Crippen molar-refractivity contribution in [3.8, 4) is 0 Å². The van der Waals surface area contributed by atoms with E-state index in [1.807, 2.05) is 0 Å². The lowest BCUT2D eigenvalue weighted by molar-refractivity contribution is 0.0460. The number of hydrogen-bond acceptors (Lipinski definition) is 3. The maximum Gasteiger partial charge on any atom is 0.0278 e. The minimum Gasteiger partial charge on any atom is -0.309 e. The molecule has 0 aromatic rings. The van der Waals surface area contributed by atoms with Crippen molar-refractivity contribution < 1.29 is 0 Å². The van der Waals surface area contributed by atoms with Gasteiger partial charge in [0.05, 0.1) is 0 Å². The molecule has 110 valence electrons. The third-order valence-electron chi connectivity index (χ3n) is 5.74. The molecule has 0 bridgehead atoms. The van der Waals surface area contributed by atoms with Gasteiger partial charge in [0, 0.05) is 49.8 Å². The molecular weight excluding hydrogens is 234 g/mol. The molecule has 3 heteroatoms. The molecule has 2 heterocycles. The van der Waals surface area contributed by atoms with Crippen LogP contribution in [0.2, 0.25) is 0 Å². The van der Waals surface area contributed by atoms with Crippen LogP contribution in [0.25, 0.3) is 0 Å². The molecule has 19 heavy (non-hydrogen) atoms. The highest BCUT2D eigenvalue weighted by molar-refractivity contribution is 5.00. The van der Waals surface area contributed by atoms with Gasteiger partial charge in [-0.05, 0) is 39.0 Å². The van der Waals surface area contributed by atoms with E-state index >= 15 is 0 Å². The van der Waals surface area contributed by atoms with Gasteiger partial charge in [0.1, 0.15) is 0 Å². The quantitative estimate of drug-likeness (QED) is 0.839. The lowest BCUT2D eigenvalue weighted by atomic mass is 9.91. The van der Waals surface area contributed by atoms with Gasteiger partial charge in [-0.15, -0.1) is 0 Å². The Morgan fingerprint density at radius 2 is 1.95 bits per heavy atom. The van der Waals surface area contributed by atoms with E-state index in [4.69, 9.17) is 0 Å². The zero-order valence-corrected chi connectivity index (χ0v) is 13.0. The zero-order chi connectivity index (χ0) is 13.5. The summed E-state index contributed by atoms with van der Waals surface area (Å²) in [7, 11) is 0. The summed E-state index contributed by atoms with van der Waals surface area (Å²) in [4.78, 5) is 5.60. The van der Waals surface area contributed by atoms with E-state index in [9.17, 15) is 0 Å². The van der Waals surface area contributed by atoms with Crippen molar-refractivity contribution >= 4 is 0 Å². The first-order valence-electron chi connectivity index (χ1n) is 8.40. The molecule has 3 aliphatic rings. The molecule has 0 amide bonds. The van der Waals surface area contributed by atoms with Crippen LogP contribution in [0.4, 0.5) is 0 Å². The Labute approximate surface area is 118 Å². The topological polar surface area (TPSA) is 18.5 Å². The SMILES string of the molecule is CCC1CNC(C)(CC)CN1C1CCN(C2CC2)C1. The van der Waals surface area contributed by atoms with Crippen molar-refractivity contribution in [1.82, 2.24) is 15.1 Å². The van der Waals surface area contributed by atoms with Gasteiger partial charge in [-0.3, -0.25) is 9.80 Å². The highest BCUT2D eigenvalue weighted by atomic mass is 15.3. The van der Waals surface area contributed by atoms with Crippen LogP contribution in [0.3, 0.4) is 0 Å². The Balaban J connectivity index is 1.65. The molecule has 3 fully saturated rings. The lowest BCUT2D eigenvalue weighted by Crippen LogP contribution is -2.65. The van der Waals surface area contributed by atoms with Crippen molar-refractivity contribution in [3.63, 3.8) is 0 Å². The summed E-state index contributed by atoms with van der Waals surface area (Å²) in [6.45, 7) is 12.2. The third-order valence-corrected chi connectivity index (χ3v) is 5.74. The minimum absolute atomic E-state index is 0.332. The Morgan fingerprint density at radius 3 is 2.58 bits per heavy atom. The minimum atomic E-state index is 0.332. The maximum atomic E-state index is 3.79. The van der Waals surface area contributed by atoms with E-state index < -0.39 is 0 Å². The molecule has 3 nitrogen and oxygen atoms in total. The average molecular weight is 265 g/mol. The van der Waals surface area contributed by atoms with Crippen molar-refractivity contribution in [1.29, 1.82) is 0 Å². The van der Waals surface area contributed by atoms with Crippen molar-refractivity contribution in [3.05, 3.63) is 0 Å². The largest absolute Gasteiger partial charge is 0.309 e. The molecule has 2 saturated heterocycles. The summed E-state index contributed by atoms with van der Waals surface area (Å²) in [6, 6.07) is 2.52. The van der Waals surface area contributed by atoms with E-state index in [0.717, 1.165) is 18.1 Å². The van der Waals surface area contributed by atoms with Gasteiger partial charge in [0.15, 0.2) is 0 Å². The molecule has 2 aliphatic heterocycles. The van der Waals surface area contributed by atoms with Crippen molar-refractivity contribution in [2.75, 3.05) is 26.2 Å². The summed E-state index contributed by atoms with van der Waals surface area (Å²) < 4.78 is 0. The third kappa shape index (κ3) is 2.84. The number of nitrogens with one attached hydrogen (secondary N) is 1. The van der Waals surface area contributed by atoms with Gasteiger partial charge in [-0.1, -0.05) is 13.8 Å². The van der Waals surface area contributed by atoms with Crippen LogP contribution >= 0.6 is 0 Å². The lowest BCUT2D eigenvalue weighted by Gasteiger charge is -2.48. The first-order chi connectivity index (χ1) is 9.15. The molecule has 0 spiro atoms. The molecule has 3 atom stereocenters. The molecule has 3 unspecified atom stereocenters. The molecule has 1 aliphatic carbocycles. The Hall–Kier alpha value is -0.120. The van der Waals surface area contributed by atoms with E-state index in [1.165, 1.54) is 58.3 Å². The Morgan fingerprint density at radius 1 is 1.16 bits per heavy atom. The number of piperazine rings is 1. The highest BCUT2D eigenvalue weighted by Gasteiger charge is 2.41. The first kappa shape index (κ1) is 13.8.